The highest BCUT2D eigenvalue weighted by atomic mass is 16.3. The molecular weight excluding hydrogens is 348 g/mol. The third-order valence-corrected chi connectivity index (χ3v) is 5.30. The molecule has 0 aromatic heterocycles. The van der Waals surface area contributed by atoms with Crippen LogP contribution in [-0.2, 0) is 11.2 Å². The van der Waals surface area contributed by atoms with E-state index in [1.807, 2.05) is 40.0 Å². The van der Waals surface area contributed by atoms with Crippen LogP contribution in [0.1, 0.15) is 31.9 Å². The maximum atomic E-state index is 12.7. The first-order valence-electron chi connectivity index (χ1n) is 9.74. The van der Waals surface area contributed by atoms with Gasteiger partial charge in [0.1, 0.15) is 6.04 Å². The number of carbonyl (C=O) groups excluding carboxylic acids is 1. The van der Waals surface area contributed by atoms with Crippen LogP contribution < -0.4 is 10.2 Å². The lowest BCUT2D eigenvalue weighted by Gasteiger charge is -2.37. The van der Waals surface area contributed by atoms with Gasteiger partial charge in [-0.3, -0.25) is 4.79 Å². The molecular formula is C24H28N2O2. The predicted octanol–water partition coefficient (Wildman–Crippen LogP) is 3.22. The van der Waals surface area contributed by atoms with Crippen LogP contribution in [-0.4, -0.2) is 36.8 Å². The second kappa shape index (κ2) is 8.50. The van der Waals surface area contributed by atoms with Crippen molar-refractivity contribution in [3.8, 4) is 23.0 Å². The van der Waals surface area contributed by atoms with Gasteiger partial charge in [-0.15, -0.1) is 5.92 Å². The number of aliphatic hydroxyl groups is 1. The summed E-state index contributed by atoms with van der Waals surface area (Å²) in [5, 5.41) is 12.8. The molecule has 0 fully saturated rings. The van der Waals surface area contributed by atoms with Gasteiger partial charge in [-0.25, -0.2) is 0 Å². The fourth-order valence-corrected chi connectivity index (χ4v) is 3.95. The van der Waals surface area contributed by atoms with Crippen LogP contribution in [0.2, 0.25) is 0 Å². The zero-order valence-electron chi connectivity index (χ0n) is 17.0. The van der Waals surface area contributed by atoms with E-state index < -0.39 is 0 Å². The third-order valence-electron chi connectivity index (χ3n) is 5.30. The lowest BCUT2D eigenvalue weighted by molar-refractivity contribution is -0.124. The van der Waals surface area contributed by atoms with Gasteiger partial charge in [-0.1, -0.05) is 38.0 Å². The van der Waals surface area contributed by atoms with E-state index in [9.17, 15) is 9.90 Å². The number of likely N-dealkylation sites (N-methyl/N-ethyl adjacent to an activating group) is 1. The fourth-order valence-electron chi connectivity index (χ4n) is 3.95. The predicted molar refractivity (Wildman–Crippen MR) is 114 cm³/mol. The van der Waals surface area contributed by atoms with Gasteiger partial charge >= 0.3 is 0 Å². The third kappa shape index (κ3) is 4.05. The number of carbonyl (C=O) groups is 1. The molecule has 146 valence electrons. The summed E-state index contributed by atoms with van der Waals surface area (Å²) in [6.45, 7) is 5.85. The van der Waals surface area contributed by atoms with Crippen LogP contribution in [0.3, 0.4) is 0 Å². The van der Waals surface area contributed by atoms with Crippen LogP contribution in [0, 0.1) is 17.8 Å². The summed E-state index contributed by atoms with van der Waals surface area (Å²) >= 11 is 0. The second-order valence-electron chi connectivity index (χ2n) is 7.69. The van der Waals surface area contributed by atoms with Crippen LogP contribution >= 0.6 is 0 Å². The van der Waals surface area contributed by atoms with Crippen LogP contribution in [0.15, 0.2) is 42.5 Å². The quantitative estimate of drug-likeness (QED) is 0.809. The number of fused-ring (bicyclic) bond motifs is 1. The Labute approximate surface area is 167 Å². The van der Waals surface area contributed by atoms with E-state index in [-0.39, 0.29) is 30.5 Å². The molecule has 1 amide bonds. The van der Waals surface area contributed by atoms with Gasteiger partial charge in [0.05, 0.1) is 12.6 Å². The lowest BCUT2D eigenvalue weighted by Crippen LogP contribution is -2.54. The van der Waals surface area contributed by atoms with Gasteiger partial charge in [0.2, 0.25) is 5.91 Å². The lowest BCUT2D eigenvalue weighted by atomic mass is 9.93. The minimum absolute atomic E-state index is 0.0288. The Morgan fingerprint density at radius 1 is 1.18 bits per heavy atom. The summed E-state index contributed by atoms with van der Waals surface area (Å²) in [5.74, 6) is 6.11. The number of nitrogens with one attached hydrogen (secondary N) is 1. The molecule has 0 bridgehead atoms. The van der Waals surface area contributed by atoms with E-state index in [0.29, 0.717) is 6.42 Å². The zero-order valence-corrected chi connectivity index (χ0v) is 17.0. The van der Waals surface area contributed by atoms with Gasteiger partial charge in [0, 0.05) is 18.3 Å². The van der Waals surface area contributed by atoms with E-state index >= 15 is 0 Å². The smallest absolute Gasteiger partial charge is 0.243 e. The molecule has 1 unspecified atom stereocenters. The Kier molecular flexibility index (Phi) is 6.06. The normalized spacial score (nSPS) is 19.2. The SMILES string of the molecule is CC#Cc1ccc(-c2ccc3c(c2)C[C@@H](CO)NC(=O)C(C(C)C)N3C)cc1. The van der Waals surface area contributed by atoms with Crippen molar-refractivity contribution in [2.24, 2.45) is 5.92 Å². The van der Waals surface area contributed by atoms with Gasteiger partial charge in [0.15, 0.2) is 0 Å². The minimum atomic E-state index is -0.279. The molecule has 2 atom stereocenters. The molecule has 3 rings (SSSR count). The average Bonchev–Trinajstić information content (AvgIpc) is 2.67. The van der Waals surface area contributed by atoms with Crippen molar-refractivity contribution in [2.75, 3.05) is 18.6 Å². The van der Waals surface area contributed by atoms with Crippen molar-refractivity contribution in [2.45, 2.75) is 39.3 Å². The zero-order chi connectivity index (χ0) is 20.3. The maximum absolute atomic E-state index is 12.7. The molecule has 1 aliphatic rings. The molecule has 2 aromatic rings. The van der Waals surface area contributed by atoms with E-state index in [1.165, 1.54) is 0 Å². The number of rotatable bonds is 3. The largest absolute Gasteiger partial charge is 0.394 e. The molecule has 0 spiro atoms. The molecule has 4 nitrogen and oxygen atoms in total. The average molecular weight is 377 g/mol. The molecule has 2 N–H and O–H groups in total. The molecule has 0 saturated heterocycles. The summed E-state index contributed by atoms with van der Waals surface area (Å²) < 4.78 is 0. The Hall–Kier alpha value is -2.77. The fraction of sp³-hybridized carbons (Fsp3) is 0.375. The first-order valence-corrected chi connectivity index (χ1v) is 9.74. The Morgan fingerprint density at radius 2 is 1.86 bits per heavy atom. The summed E-state index contributed by atoms with van der Waals surface area (Å²) in [6, 6.07) is 14.0. The molecule has 1 aliphatic heterocycles. The van der Waals surface area contributed by atoms with Crippen molar-refractivity contribution in [3.63, 3.8) is 0 Å². The highest BCUT2D eigenvalue weighted by Gasteiger charge is 2.32. The number of anilines is 1. The topological polar surface area (TPSA) is 52.6 Å². The standard InChI is InChI=1S/C24H28N2O2/c1-5-6-17-7-9-18(10-8-17)19-11-12-22-20(13-19)14-21(15-27)25-24(28)23(16(2)3)26(22)4/h7-13,16,21,23,27H,14-15H2,1-4H3,(H,25,28)/t21-,23?/m0/s1. The molecule has 28 heavy (non-hydrogen) atoms. The number of aliphatic hydroxyl groups excluding tert-OH is 1. The van der Waals surface area contributed by atoms with Crippen LogP contribution in [0.25, 0.3) is 11.1 Å². The van der Waals surface area contributed by atoms with Gasteiger partial charge in [-0.2, -0.15) is 0 Å². The van der Waals surface area contributed by atoms with Crippen LogP contribution in [0.5, 0.6) is 0 Å². The summed E-state index contributed by atoms with van der Waals surface area (Å²) in [5.41, 5.74) is 5.42. The Morgan fingerprint density at radius 3 is 2.46 bits per heavy atom. The summed E-state index contributed by atoms with van der Waals surface area (Å²) in [4.78, 5) is 14.8. The van der Waals surface area contributed by atoms with E-state index in [2.05, 4.69) is 52.4 Å². The van der Waals surface area contributed by atoms with Gasteiger partial charge in [0.25, 0.3) is 0 Å². The van der Waals surface area contributed by atoms with Gasteiger partial charge < -0.3 is 15.3 Å². The van der Waals surface area contributed by atoms with Crippen LogP contribution in [0.4, 0.5) is 5.69 Å². The van der Waals surface area contributed by atoms with Crippen molar-refractivity contribution < 1.29 is 9.90 Å². The highest BCUT2D eigenvalue weighted by molar-refractivity contribution is 5.87. The molecule has 0 saturated carbocycles. The molecule has 1 heterocycles. The number of hydrogen-bond acceptors (Lipinski definition) is 3. The molecule has 0 radical (unpaired) electrons. The number of nitrogens with zero attached hydrogens (tertiary/aromatic N) is 1. The first-order chi connectivity index (χ1) is 13.4. The molecule has 0 aliphatic carbocycles. The van der Waals surface area contributed by atoms with E-state index in [0.717, 1.165) is 27.9 Å². The second-order valence-corrected chi connectivity index (χ2v) is 7.69. The number of hydrogen-bond donors (Lipinski definition) is 2. The summed E-state index contributed by atoms with van der Waals surface area (Å²) in [7, 11) is 1.97. The first kappa shape index (κ1) is 20.0. The number of benzene rings is 2. The van der Waals surface area contributed by atoms with E-state index in [1.54, 1.807) is 0 Å². The Bertz CT molecular complexity index is 906. The van der Waals surface area contributed by atoms with Gasteiger partial charge in [-0.05, 0) is 60.2 Å². The molecule has 2 aromatic carbocycles. The highest BCUT2D eigenvalue weighted by Crippen LogP contribution is 2.31. The Balaban J connectivity index is 2.03. The molecule has 4 heteroatoms. The van der Waals surface area contributed by atoms with E-state index in [4.69, 9.17) is 0 Å². The van der Waals surface area contributed by atoms with Crippen molar-refractivity contribution >= 4 is 11.6 Å². The monoisotopic (exact) mass is 376 g/mol. The minimum Gasteiger partial charge on any atom is -0.394 e. The van der Waals surface area contributed by atoms with Crippen molar-refractivity contribution in [1.82, 2.24) is 5.32 Å². The number of amides is 1. The maximum Gasteiger partial charge on any atom is 0.243 e. The van der Waals surface area contributed by atoms with Crippen molar-refractivity contribution in [3.05, 3.63) is 53.6 Å². The van der Waals surface area contributed by atoms with Crippen molar-refractivity contribution in [1.29, 1.82) is 0 Å². The summed E-state index contributed by atoms with van der Waals surface area (Å²) in [6.07, 6.45) is 0.597.